The number of carboxylic acid groups (broad SMARTS) is 1. The highest BCUT2D eigenvalue weighted by Gasteiger charge is 2.02. The van der Waals surface area contributed by atoms with Crippen molar-refractivity contribution in [3.63, 3.8) is 0 Å². The van der Waals surface area contributed by atoms with E-state index in [1.165, 1.54) is 5.56 Å². The zero-order chi connectivity index (χ0) is 14.4. The Morgan fingerprint density at radius 2 is 1.25 bits per heavy atom. The van der Waals surface area contributed by atoms with E-state index >= 15 is 0 Å². The van der Waals surface area contributed by atoms with Gasteiger partial charge in [0.1, 0.15) is 0 Å². The lowest BCUT2D eigenvalue weighted by Gasteiger charge is -2.04. The molecule has 2 rings (SSSR count). The van der Waals surface area contributed by atoms with Gasteiger partial charge in [-0.3, -0.25) is 0 Å². The number of carbonyl (C=O) groups is 1. The van der Waals surface area contributed by atoms with Gasteiger partial charge in [-0.25, -0.2) is 4.79 Å². The lowest BCUT2D eigenvalue weighted by molar-refractivity contribution is 0.0697. The molecule has 0 bridgehead atoms. The van der Waals surface area contributed by atoms with Crippen LogP contribution < -0.4 is 0 Å². The zero-order valence-electron chi connectivity index (χ0n) is 11.2. The lowest BCUT2D eigenvalue weighted by atomic mass is 10.0. The summed E-state index contributed by atoms with van der Waals surface area (Å²) in [6.45, 7) is 0.0796. The first-order valence-corrected chi connectivity index (χ1v) is 6.70. The van der Waals surface area contributed by atoms with Crippen molar-refractivity contribution in [1.29, 1.82) is 0 Å². The van der Waals surface area contributed by atoms with E-state index in [0.717, 1.165) is 30.4 Å². The van der Waals surface area contributed by atoms with Crippen molar-refractivity contribution in [3.05, 3.63) is 70.8 Å². The highest BCUT2D eigenvalue weighted by Crippen LogP contribution is 2.11. The molecule has 2 aromatic carbocycles. The molecular weight excluding hydrogens is 252 g/mol. The van der Waals surface area contributed by atoms with Crippen molar-refractivity contribution in [2.24, 2.45) is 0 Å². The number of aliphatic hydroxyl groups is 1. The molecule has 0 radical (unpaired) electrons. The summed E-state index contributed by atoms with van der Waals surface area (Å²) in [4.78, 5) is 10.7. The molecule has 0 heterocycles. The summed E-state index contributed by atoms with van der Waals surface area (Å²) < 4.78 is 0. The fourth-order valence-electron chi connectivity index (χ4n) is 2.12. The third-order valence-electron chi connectivity index (χ3n) is 3.34. The van der Waals surface area contributed by atoms with E-state index in [0.29, 0.717) is 5.56 Å². The number of aryl methyl sites for hydroxylation is 2. The van der Waals surface area contributed by atoms with Crippen LogP contribution in [0, 0.1) is 0 Å². The maximum atomic E-state index is 10.7. The first-order valence-electron chi connectivity index (χ1n) is 6.70. The molecule has 3 heteroatoms. The molecule has 0 atom stereocenters. The summed E-state index contributed by atoms with van der Waals surface area (Å²) in [5.74, 6) is -0.888. The van der Waals surface area contributed by atoms with Crippen molar-refractivity contribution >= 4 is 5.97 Å². The summed E-state index contributed by atoms with van der Waals surface area (Å²) in [6.07, 6.45) is 2.93. The van der Waals surface area contributed by atoms with Gasteiger partial charge in [0, 0.05) is 0 Å². The number of aliphatic hydroxyl groups excluding tert-OH is 1. The van der Waals surface area contributed by atoms with Gasteiger partial charge in [-0.15, -0.1) is 0 Å². The highest BCUT2D eigenvalue weighted by atomic mass is 16.4. The second-order valence-corrected chi connectivity index (χ2v) is 4.83. The van der Waals surface area contributed by atoms with Gasteiger partial charge in [0.2, 0.25) is 0 Å². The molecule has 0 aliphatic rings. The van der Waals surface area contributed by atoms with Gasteiger partial charge in [0.15, 0.2) is 0 Å². The van der Waals surface area contributed by atoms with E-state index in [1.807, 2.05) is 36.4 Å². The number of rotatable bonds is 6. The predicted octanol–water partition coefficient (Wildman–Crippen LogP) is 3.05. The average molecular weight is 270 g/mol. The Labute approximate surface area is 118 Å². The molecule has 104 valence electrons. The molecule has 0 aliphatic heterocycles. The number of aromatic carboxylic acids is 1. The largest absolute Gasteiger partial charge is 0.478 e. The Bertz CT molecular complexity index is 556. The summed E-state index contributed by atoms with van der Waals surface area (Å²) in [5, 5.41) is 17.8. The van der Waals surface area contributed by atoms with Crippen LogP contribution in [0.3, 0.4) is 0 Å². The topological polar surface area (TPSA) is 57.5 Å². The fourth-order valence-corrected chi connectivity index (χ4v) is 2.12. The van der Waals surface area contributed by atoms with Crippen LogP contribution in [0.4, 0.5) is 0 Å². The summed E-state index contributed by atoms with van der Waals surface area (Å²) >= 11 is 0. The average Bonchev–Trinajstić information content (AvgIpc) is 2.48. The maximum Gasteiger partial charge on any atom is 0.335 e. The molecule has 3 nitrogen and oxygen atoms in total. The van der Waals surface area contributed by atoms with Gasteiger partial charge < -0.3 is 10.2 Å². The second-order valence-electron chi connectivity index (χ2n) is 4.83. The number of hydrogen-bond acceptors (Lipinski definition) is 2. The zero-order valence-corrected chi connectivity index (χ0v) is 11.2. The van der Waals surface area contributed by atoms with Crippen LogP contribution in [0.5, 0.6) is 0 Å². The lowest BCUT2D eigenvalue weighted by Crippen LogP contribution is -1.96. The van der Waals surface area contributed by atoms with Crippen LogP contribution in [0.1, 0.15) is 33.5 Å². The summed E-state index contributed by atoms with van der Waals surface area (Å²) in [6, 6.07) is 15.0. The van der Waals surface area contributed by atoms with E-state index < -0.39 is 5.97 Å². The summed E-state index contributed by atoms with van der Waals surface area (Å²) in [5.41, 5.74) is 3.66. The van der Waals surface area contributed by atoms with Crippen molar-refractivity contribution < 1.29 is 15.0 Å². The smallest absolute Gasteiger partial charge is 0.335 e. The normalized spacial score (nSPS) is 10.4. The van der Waals surface area contributed by atoms with E-state index in [1.54, 1.807) is 12.1 Å². The predicted molar refractivity (Wildman–Crippen MR) is 77.8 cm³/mol. The molecule has 0 aromatic heterocycles. The monoisotopic (exact) mass is 270 g/mol. The van der Waals surface area contributed by atoms with Gasteiger partial charge >= 0.3 is 5.97 Å². The van der Waals surface area contributed by atoms with Gasteiger partial charge in [-0.1, -0.05) is 36.4 Å². The van der Waals surface area contributed by atoms with Crippen LogP contribution in [0.25, 0.3) is 0 Å². The minimum Gasteiger partial charge on any atom is -0.478 e. The Balaban J connectivity index is 1.84. The molecule has 0 aliphatic carbocycles. The highest BCUT2D eigenvalue weighted by molar-refractivity contribution is 5.87. The molecule has 0 spiro atoms. The van der Waals surface area contributed by atoms with E-state index in [4.69, 9.17) is 10.2 Å². The number of hydrogen-bond donors (Lipinski definition) is 2. The molecule has 2 N–H and O–H groups in total. The van der Waals surface area contributed by atoms with Gasteiger partial charge in [-0.05, 0) is 48.1 Å². The molecule has 0 saturated carbocycles. The second kappa shape index (κ2) is 6.87. The molecule has 0 fully saturated rings. The van der Waals surface area contributed by atoms with Crippen LogP contribution in [0.2, 0.25) is 0 Å². The minimum absolute atomic E-state index is 0.0796. The van der Waals surface area contributed by atoms with E-state index in [2.05, 4.69) is 0 Å². The molecular formula is C17H18O3. The molecule has 0 amide bonds. The van der Waals surface area contributed by atoms with Gasteiger partial charge in [0.25, 0.3) is 0 Å². The van der Waals surface area contributed by atoms with Crippen LogP contribution >= 0.6 is 0 Å². The molecule has 0 saturated heterocycles. The third kappa shape index (κ3) is 3.93. The first kappa shape index (κ1) is 14.3. The molecule has 0 unspecified atom stereocenters. The van der Waals surface area contributed by atoms with Crippen molar-refractivity contribution in [2.75, 3.05) is 0 Å². The van der Waals surface area contributed by atoms with Crippen LogP contribution in [-0.2, 0) is 19.4 Å². The number of carboxylic acids is 1. The van der Waals surface area contributed by atoms with Gasteiger partial charge in [-0.2, -0.15) is 0 Å². The Hall–Kier alpha value is -2.13. The number of benzene rings is 2. The standard InChI is InChI=1S/C17H18O3/c18-12-15-6-4-13(5-7-15)2-1-3-14-8-10-16(11-9-14)17(19)20/h4-11,18H,1-3,12H2,(H,19,20). The van der Waals surface area contributed by atoms with E-state index in [9.17, 15) is 4.79 Å². The Kier molecular flexibility index (Phi) is 4.91. The van der Waals surface area contributed by atoms with Gasteiger partial charge in [0.05, 0.1) is 12.2 Å². The van der Waals surface area contributed by atoms with Crippen LogP contribution in [0.15, 0.2) is 48.5 Å². The molecule has 20 heavy (non-hydrogen) atoms. The third-order valence-corrected chi connectivity index (χ3v) is 3.34. The maximum absolute atomic E-state index is 10.7. The van der Waals surface area contributed by atoms with Crippen molar-refractivity contribution in [1.82, 2.24) is 0 Å². The first-order chi connectivity index (χ1) is 9.69. The Morgan fingerprint density at radius 1 is 0.800 bits per heavy atom. The fraction of sp³-hybridized carbons (Fsp3) is 0.235. The van der Waals surface area contributed by atoms with Crippen LogP contribution in [-0.4, -0.2) is 16.2 Å². The molecule has 2 aromatic rings. The van der Waals surface area contributed by atoms with Crippen molar-refractivity contribution in [3.8, 4) is 0 Å². The Morgan fingerprint density at radius 3 is 1.70 bits per heavy atom. The van der Waals surface area contributed by atoms with Crippen molar-refractivity contribution in [2.45, 2.75) is 25.9 Å². The minimum atomic E-state index is -0.888. The SMILES string of the molecule is O=C(O)c1ccc(CCCc2ccc(CO)cc2)cc1. The quantitative estimate of drug-likeness (QED) is 0.848. The van der Waals surface area contributed by atoms with E-state index in [-0.39, 0.29) is 6.61 Å². The summed E-state index contributed by atoms with van der Waals surface area (Å²) in [7, 11) is 0.